The zero-order valence-electron chi connectivity index (χ0n) is 16.8. The van der Waals surface area contributed by atoms with Gasteiger partial charge in [0.1, 0.15) is 11.5 Å². The number of aliphatic imine (C=N–C) groups is 1. The number of ketones is 2. The first-order chi connectivity index (χ1) is 14.8. The molecule has 0 amide bonds. The number of aromatic hydroxyl groups is 1. The Labute approximate surface area is 177 Å². The van der Waals surface area contributed by atoms with Crippen LogP contribution in [0.3, 0.4) is 0 Å². The topological polar surface area (TPSA) is 143 Å². The number of hydrogen-bond donors (Lipinski definition) is 3. The summed E-state index contributed by atoms with van der Waals surface area (Å²) in [6, 6.07) is 4.70. The highest BCUT2D eigenvalue weighted by molar-refractivity contribution is 6.15. The fraction of sp³-hybridized carbons (Fsp3) is 0.364. The lowest BCUT2D eigenvalue weighted by Crippen LogP contribution is -2.58. The number of benzene rings is 1. The van der Waals surface area contributed by atoms with E-state index in [-0.39, 0.29) is 47.6 Å². The Kier molecular flexibility index (Phi) is 4.83. The van der Waals surface area contributed by atoms with Crippen molar-refractivity contribution < 1.29 is 39.2 Å². The molecule has 0 saturated carbocycles. The van der Waals surface area contributed by atoms with Gasteiger partial charge in [-0.25, -0.2) is 4.79 Å². The molecular formula is C22H21NO8. The van der Waals surface area contributed by atoms with Gasteiger partial charge in [0.15, 0.2) is 11.5 Å². The molecule has 162 valence electrons. The molecule has 31 heavy (non-hydrogen) atoms. The quantitative estimate of drug-likeness (QED) is 0.493. The van der Waals surface area contributed by atoms with Crippen molar-refractivity contribution in [3.8, 4) is 5.75 Å². The van der Waals surface area contributed by atoms with Gasteiger partial charge in [-0.05, 0) is 37.1 Å². The number of methoxy groups -OCH3 is 1. The number of carbonyl (C=O) groups excluding carboxylic acids is 3. The van der Waals surface area contributed by atoms with Crippen molar-refractivity contribution in [2.24, 2.45) is 16.8 Å². The van der Waals surface area contributed by atoms with Gasteiger partial charge in [0.2, 0.25) is 11.4 Å². The Balaban J connectivity index is 1.95. The number of phenols is 1. The maximum Gasteiger partial charge on any atom is 0.509 e. The van der Waals surface area contributed by atoms with Gasteiger partial charge in [0, 0.05) is 17.9 Å². The van der Waals surface area contributed by atoms with Crippen LogP contribution in [-0.2, 0) is 20.7 Å². The van der Waals surface area contributed by atoms with Crippen LogP contribution in [0.15, 0.2) is 45.9 Å². The Hall–Kier alpha value is -3.62. The van der Waals surface area contributed by atoms with Crippen LogP contribution in [0.5, 0.6) is 5.75 Å². The Morgan fingerprint density at radius 1 is 1.26 bits per heavy atom. The molecule has 0 spiro atoms. The molecule has 3 atom stereocenters. The standard InChI is InChI=1S/C22H21NO8/c1-23-9-13-15(25)8-12-7-11-6-10-4-3-5-14(24)16(10)18(26)17(11)20(28)22(12,19(13)27)31-21(29)30-2/h3-5,11-12,24-25,28H,1,6-9H2,2H3/t11-,12-,22+/m0/s1. The molecule has 0 bridgehead atoms. The SMILES string of the molecule is C=NCC1=C(O)C[C@@H]2C[C@@H]3Cc4cccc(O)c4C(=O)C3=C(O)[C@]2(OC(=O)OC)C1=O. The summed E-state index contributed by atoms with van der Waals surface area (Å²) in [6.07, 6.45) is -0.772. The van der Waals surface area contributed by atoms with Crippen LogP contribution in [0.4, 0.5) is 4.79 Å². The lowest BCUT2D eigenvalue weighted by atomic mass is 9.60. The Morgan fingerprint density at radius 3 is 2.68 bits per heavy atom. The van der Waals surface area contributed by atoms with E-state index in [1.807, 2.05) is 0 Å². The van der Waals surface area contributed by atoms with Gasteiger partial charge < -0.3 is 24.8 Å². The van der Waals surface area contributed by atoms with Gasteiger partial charge >= 0.3 is 6.16 Å². The van der Waals surface area contributed by atoms with E-state index in [1.54, 1.807) is 12.1 Å². The van der Waals surface area contributed by atoms with Crippen LogP contribution in [0.2, 0.25) is 0 Å². The summed E-state index contributed by atoms with van der Waals surface area (Å²) in [4.78, 5) is 42.5. The first kappa shape index (κ1) is 20.6. The van der Waals surface area contributed by atoms with E-state index in [9.17, 15) is 29.7 Å². The average molecular weight is 427 g/mol. The molecule has 1 aromatic carbocycles. The summed E-state index contributed by atoms with van der Waals surface area (Å²) in [5.74, 6) is -3.98. The van der Waals surface area contributed by atoms with E-state index < -0.39 is 40.9 Å². The Bertz CT molecular complexity index is 1080. The zero-order valence-corrected chi connectivity index (χ0v) is 16.8. The van der Waals surface area contributed by atoms with Crippen LogP contribution >= 0.6 is 0 Å². The maximum absolute atomic E-state index is 13.4. The van der Waals surface area contributed by atoms with E-state index in [0.717, 1.165) is 7.11 Å². The molecule has 9 nitrogen and oxygen atoms in total. The van der Waals surface area contributed by atoms with Crippen LogP contribution < -0.4 is 0 Å². The van der Waals surface area contributed by atoms with E-state index in [0.29, 0.717) is 12.0 Å². The summed E-state index contributed by atoms with van der Waals surface area (Å²) in [6.45, 7) is 3.07. The largest absolute Gasteiger partial charge is 0.512 e. The van der Waals surface area contributed by atoms with Crippen molar-refractivity contribution in [3.05, 3.63) is 52.0 Å². The summed E-state index contributed by atoms with van der Waals surface area (Å²) < 4.78 is 9.92. The zero-order chi connectivity index (χ0) is 22.5. The number of allylic oxidation sites excluding steroid dienone is 2. The number of rotatable bonds is 3. The number of Topliss-reactive ketones (excluding diaryl/α,β-unsaturated/α-hetero) is 2. The molecular weight excluding hydrogens is 406 g/mol. The van der Waals surface area contributed by atoms with Crippen molar-refractivity contribution in [1.29, 1.82) is 0 Å². The summed E-state index contributed by atoms with van der Waals surface area (Å²) in [5.41, 5.74) is -1.82. The minimum absolute atomic E-state index is 0.0431. The van der Waals surface area contributed by atoms with Crippen LogP contribution in [0, 0.1) is 11.8 Å². The molecule has 9 heteroatoms. The highest BCUT2D eigenvalue weighted by atomic mass is 16.7. The van der Waals surface area contributed by atoms with Crippen LogP contribution in [0.1, 0.15) is 28.8 Å². The van der Waals surface area contributed by atoms with Crippen molar-refractivity contribution in [2.75, 3.05) is 13.7 Å². The van der Waals surface area contributed by atoms with Crippen LogP contribution in [-0.4, -0.2) is 59.0 Å². The molecule has 3 aliphatic rings. The molecule has 1 aromatic rings. The number of nitrogens with zero attached hydrogens (tertiary/aromatic N) is 1. The number of aliphatic hydroxyl groups is 2. The lowest BCUT2D eigenvalue weighted by Gasteiger charge is -2.47. The molecule has 0 aliphatic heterocycles. The van der Waals surface area contributed by atoms with Crippen LogP contribution in [0.25, 0.3) is 0 Å². The van der Waals surface area contributed by atoms with Crippen molar-refractivity contribution in [1.82, 2.24) is 0 Å². The second-order valence-electron chi connectivity index (χ2n) is 7.87. The Morgan fingerprint density at radius 2 is 2.00 bits per heavy atom. The molecule has 0 unspecified atom stereocenters. The van der Waals surface area contributed by atoms with E-state index in [2.05, 4.69) is 16.4 Å². The fourth-order valence-corrected chi connectivity index (χ4v) is 4.97. The number of phenolic OH excluding ortho intramolecular Hbond substituents is 1. The molecule has 0 heterocycles. The first-order valence-corrected chi connectivity index (χ1v) is 9.70. The van der Waals surface area contributed by atoms with E-state index in [4.69, 9.17) is 4.74 Å². The number of ether oxygens (including phenoxy) is 2. The van der Waals surface area contributed by atoms with Crippen molar-refractivity contribution >= 4 is 24.4 Å². The third kappa shape index (κ3) is 2.83. The van der Waals surface area contributed by atoms with Gasteiger partial charge in [0.25, 0.3) is 0 Å². The molecule has 3 N–H and O–H groups in total. The third-order valence-electron chi connectivity index (χ3n) is 6.31. The maximum atomic E-state index is 13.4. The minimum Gasteiger partial charge on any atom is -0.512 e. The number of aliphatic hydroxyl groups excluding tert-OH is 2. The van der Waals surface area contributed by atoms with Gasteiger partial charge in [-0.3, -0.25) is 14.6 Å². The third-order valence-corrected chi connectivity index (χ3v) is 6.31. The van der Waals surface area contributed by atoms with E-state index >= 15 is 0 Å². The summed E-state index contributed by atoms with van der Waals surface area (Å²) in [7, 11) is 1.05. The first-order valence-electron chi connectivity index (χ1n) is 9.70. The number of carbonyl (C=O) groups is 3. The van der Waals surface area contributed by atoms with Gasteiger partial charge in [0.05, 0.1) is 24.8 Å². The fourth-order valence-electron chi connectivity index (χ4n) is 4.97. The minimum atomic E-state index is -2.23. The lowest BCUT2D eigenvalue weighted by molar-refractivity contribution is -0.147. The van der Waals surface area contributed by atoms with Crippen molar-refractivity contribution in [3.63, 3.8) is 0 Å². The second kappa shape index (κ2) is 7.26. The summed E-state index contributed by atoms with van der Waals surface area (Å²) >= 11 is 0. The van der Waals surface area contributed by atoms with Gasteiger partial charge in [-0.1, -0.05) is 12.1 Å². The van der Waals surface area contributed by atoms with Gasteiger partial charge in [-0.15, -0.1) is 0 Å². The normalized spacial score (nSPS) is 27.3. The monoisotopic (exact) mass is 427 g/mol. The summed E-state index contributed by atoms with van der Waals surface area (Å²) in [5, 5.41) is 32.0. The highest BCUT2D eigenvalue weighted by Gasteiger charge is 2.62. The van der Waals surface area contributed by atoms with Crippen molar-refractivity contribution in [2.45, 2.75) is 24.9 Å². The van der Waals surface area contributed by atoms with E-state index in [1.165, 1.54) is 6.07 Å². The number of fused-ring (bicyclic) bond motifs is 3. The molecule has 0 radical (unpaired) electrons. The smallest absolute Gasteiger partial charge is 0.509 e. The molecule has 3 aliphatic carbocycles. The second-order valence-corrected chi connectivity index (χ2v) is 7.87. The molecule has 4 rings (SSSR count). The average Bonchev–Trinajstić information content (AvgIpc) is 2.72. The molecule has 0 aromatic heterocycles. The predicted octanol–water partition coefficient (Wildman–Crippen LogP) is 2.59. The molecule has 0 saturated heterocycles. The number of hydrogen-bond acceptors (Lipinski definition) is 9. The predicted molar refractivity (Wildman–Crippen MR) is 107 cm³/mol. The van der Waals surface area contributed by atoms with Gasteiger partial charge in [-0.2, -0.15) is 0 Å². The highest BCUT2D eigenvalue weighted by Crippen LogP contribution is 2.53. The molecule has 0 fully saturated rings.